The fourth-order valence-electron chi connectivity index (χ4n) is 7.90. The van der Waals surface area contributed by atoms with Gasteiger partial charge in [-0.15, -0.1) is 24.0 Å². The Labute approximate surface area is 299 Å². The second-order valence-electron chi connectivity index (χ2n) is 13.0. The van der Waals surface area contributed by atoms with Gasteiger partial charge in [-0.05, 0) is 38.0 Å². The van der Waals surface area contributed by atoms with E-state index in [0.717, 1.165) is 25.7 Å². The Kier molecular flexibility index (Phi) is 12.1. The minimum absolute atomic E-state index is 0. The van der Waals surface area contributed by atoms with E-state index in [4.69, 9.17) is 33.2 Å². The number of aliphatic hydroxyl groups excluding tert-OH is 1. The average molecular weight is 707 g/mol. The van der Waals surface area contributed by atoms with Gasteiger partial charge in [0, 0.05) is 24.7 Å². The van der Waals surface area contributed by atoms with Gasteiger partial charge in [0.25, 0.3) is 0 Å². The molecular formula is C29H48IKO9. The first-order valence-corrected chi connectivity index (χ1v) is 14.9. The van der Waals surface area contributed by atoms with Crippen LogP contribution < -0.4 is 51.4 Å². The number of aliphatic hydroxyl groups is 1. The SMILES string of the molecule is CC(=O)CC1OC[C@@H]2O[C@@H]3C[C@@H]4O[C@@H]5[C@@H](C)[C@H](C)C6(CCCO6)O[C@H]5[C@@H](O)[C@H](C)[C@H]4O[C@H]3C[C@@H](C)CC2O1.I.[H-].[K+]. The fourth-order valence-corrected chi connectivity index (χ4v) is 7.90. The molecule has 0 saturated carbocycles. The molecule has 3 unspecified atom stereocenters. The molecule has 0 aromatic carbocycles. The molecule has 0 bridgehead atoms. The first-order chi connectivity index (χ1) is 18.1. The van der Waals surface area contributed by atoms with E-state index >= 15 is 0 Å². The summed E-state index contributed by atoms with van der Waals surface area (Å²) in [6.45, 7) is 11.3. The molecule has 11 heteroatoms. The van der Waals surface area contributed by atoms with E-state index in [1.54, 1.807) is 6.92 Å². The Morgan fingerprint density at radius 1 is 0.875 bits per heavy atom. The molecule has 226 valence electrons. The first kappa shape index (κ1) is 34.6. The maximum absolute atomic E-state index is 11.6. The van der Waals surface area contributed by atoms with E-state index in [1.165, 1.54) is 0 Å². The van der Waals surface area contributed by atoms with Gasteiger partial charge in [0.05, 0.1) is 62.4 Å². The first-order valence-electron chi connectivity index (χ1n) is 14.9. The molecule has 6 fully saturated rings. The van der Waals surface area contributed by atoms with Crippen LogP contribution in [-0.4, -0.2) is 91.1 Å². The van der Waals surface area contributed by atoms with Gasteiger partial charge >= 0.3 is 51.4 Å². The van der Waals surface area contributed by atoms with Crippen molar-refractivity contribution in [3.8, 4) is 0 Å². The third-order valence-corrected chi connectivity index (χ3v) is 10.2. The molecule has 40 heavy (non-hydrogen) atoms. The Balaban J connectivity index is 0.00000154. The van der Waals surface area contributed by atoms with E-state index in [9.17, 15) is 9.90 Å². The summed E-state index contributed by atoms with van der Waals surface area (Å²) in [4.78, 5) is 11.6. The minimum atomic E-state index is -0.711. The van der Waals surface area contributed by atoms with Crippen LogP contribution in [0.15, 0.2) is 0 Å². The number of fused-ring (bicyclic) bond motifs is 4. The molecule has 0 aromatic heterocycles. The van der Waals surface area contributed by atoms with E-state index in [1.807, 2.05) is 0 Å². The zero-order chi connectivity index (χ0) is 26.8. The van der Waals surface area contributed by atoms with Crippen LogP contribution in [0.3, 0.4) is 0 Å². The van der Waals surface area contributed by atoms with Crippen molar-refractivity contribution in [3.63, 3.8) is 0 Å². The van der Waals surface area contributed by atoms with E-state index < -0.39 is 24.3 Å². The summed E-state index contributed by atoms with van der Waals surface area (Å²) in [5.41, 5.74) is 0. The summed E-state index contributed by atoms with van der Waals surface area (Å²) in [5, 5.41) is 11.6. The maximum atomic E-state index is 11.6. The summed E-state index contributed by atoms with van der Waals surface area (Å²) >= 11 is 0. The van der Waals surface area contributed by atoms with E-state index in [0.29, 0.717) is 25.6 Å². The van der Waals surface area contributed by atoms with Crippen LogP contribution in [-0.2, 0) is 38.0 Å². The molecule has 6 rings (SSSR count). The molecule has 6 aliphatic heterocycles. The Hall–Kier alpha value is 1.72. The molecule has 6 saturated heterocycles. The quantitative estimate of drug-likeness (QED) is 0.329. The Bertz CT molecular complexity index is 881. The normalized spacial score (nSPS) is 52.2. The van der Waals surface area contributed by atoms with Crippen LogP contribution in [0.2, 0.25) is 0 Å². The van der Waals surface area contributed by atoms with Crippen molar-refractivity contribution in [2.24, 2.45) is 23.7 Å². The molecule has 0 aliphatic carbocycles. The summed E-state index contributed by atoms with van der Waals surface area (Å²) in [5.74, 6) is -0.0743. The van der Waals surface area contributed by atoms with Gasteiger partial charge in [0.15, 0.2) is 12.1 Å². The van der Waals surface area contributed by atoms with Crippen LogP contribution in [0.1, 0.15) is 74.6 Å². The van der Waals surface area contributed by atoms with Gasteiger partial charge in [0.2, 0.25) is 0 Å². The zero-order valence-electron chi connectivity index (χ0n) is 25.9. The second-order valence-corrected chi connectivity index (χ2v) is 13.0. The molecule has 6 heterocycles. The van der Waals surface area contributed by atoms with Crippen molar-refractivity contribution in [1.82, 2.24) is 0 Å². The van der Waals surface area contributed by atoms with Gasteiger partial charge in [0.1, 0.15) is 18.0 Å². The summed E-state index contributed by atoms with van der Waals surface area (Å²) < 4.78 is 45.1. The van der Waals surface area contributed by atoms with E-state index in [2.05, 4.69) is 27.7 Å². The molecule has 9 nitrogen and oxygen atoms in total. The molecule has 15 atom stereocenters. The number of Topliss-reactive ketones (excluding diaryl/α,β-unsaturated/α-hetero) is 1. The number of halogens is 1. The van der Waals surface area contributed by atoms with E-state index in [-0.39, 0.29) is 149 Å². The average Bonchev–Trinajstić information content (AvgIpc) is 3.31. The van der Waals surface area contributed by atoms with Crippen molar-refractivity contribution in [2.75, 3.05) is 13.2 Å². The van der Waals surface area contributed by atoms with Crippen molar-refractivity contribution < 1.29 is 95.9 Å². The summed E-state index contributed by atoms with van der Waals surface area (Å²) in [6, 6.07) is 0. The maximum Gasteiger partial charge on any atom is 1.00 e. The van der Waals surface area contributed by atoms with Crippen LogP contribution in [0.5, 0.6) is 0 Å². The summed E-state index contributed by atoms with van der Waals surface area (Å²) in [6.07, 6.45) is 1.48. The van der Waals surface area contributed by atoms with Gasteiger partial charge in [-0.2, -0.15) is 0 Å². The largest absolute Gasteiger partial charge is 1.00 e. The predicted octanol–water partition coefficient (Wildman–Crippen LogP) is 0.725. The zero-order valence-corrected chi connectivity index (χ0v) is 30.3. The van der Waals surface area contributed by atoms with Crippen molar-refractivity contribution in [3.05, 3.63) is 0 Å². The minimum Gasteiger partial charge on any atom is -1.00 e. The number of ether oxygens (including phenoxy) is 7. The van der Waals surface area contributed by atoms with Gasteiger partial charge in [-0.25, -0.2) is 0 Å². The molecule has 0 aromatic rings. The third-order valence-electron chi connectivity index (χ3n) is 10.2. The van der Waals surface area contributed by atoms with Gasteiger partial charge in [-0.3, -0.25) is 4.79 Å². The number of carbonyl (C=O) groups excluding carboxylic acids is 1. The molecule has 0 amide bonds. The van der Waals surface area contributed by atoms with Gasteiger partial charge in [-0.1, -0.05) is 27.7 Å². The fraction of sp³-hybridized carbons (Fsp3) is 0.966. The number of carbonyl (C=O) groups is 1. The van der Waals surface area contributed by atoms with Crippen molar-refractivity contribution >= 4 is 29.8 Å². The number of hydrogen-bond acceptors (Lipinski definition) is 9. The second kappa shape index (κ2) is 14.0. The number of hydrogen-bond donors (Lipinski definition) is 1. The van der Waals surface area contributed by atoms with Crippen LogP contribution >= 0.6 is 24.0 Å². The predicted molar refractivity (Wildman–Crippen MR) is 152 cm³/mol. The van der Waals surface area contributed by atoms with Crippen molar-refractivity contribution in [2.45, 2.75) is 140 Å². The Morgan fingerprint density at radius 3 is 2.23 bits per heavy atom. The molecular weight excluding hydrogens is 658 g/mol. The Morgan fingerprint density at radius 2 is 1.55 bits per heavy atom. The third kappa shape index (κ3) is 6.64. The smallest absolute Gasteiger partial charge is 1.00 e. The van der Waals surface area contributed by atoms with Crippen LogP contribution in [0, 0.1) is 23.7 Å². The van der Waals surface area contributed by atoms with Crippen molar-refractivity contribution in [1.29, 1.82) is 0 Å². The number of rotatable bonds is 2. The van der Waals surface area contributed by atoms with Crippen LogP contribution in [0.4, 0.5) is 0 Å². The monoisotopic (exact) mass is 706 g/mol. The van der Waals surface area contributed by atoms with Crippen LogP contribution in [0.25, 0.3) is 0 Å². The molecule has 1 N–H and O–H groups in total. The number of ketones is 1. The molecule has 6 aliphatic rings. The molecule has 0 radical (unpaired) electrons. The van der Waals surface area contributed by atoms with Gasteiger partial charge < -0.3 is 39.7 Å². The topological polar surface area (TPSA) is 102 Å². The standard InChI is InChI=1S/C29H46O9.HI.K.H/c1-14-9-19-21(34-23-13-32-24(11-15(2)30)35-20(23)10-14)12-22-26(36-19)17(4)25(31)28-27(37-22)16(3)18(5)29(38-28)7-6-8-33-29;;;/h14,16-28,31H,6-13H2,1-5H3;1H;;/q;;+1;-1/t14-,16+,17+,18+,19+,20?,21-,22+,23+,24?,25+,26-,27-,28+,29?;;;/m1.../s1. The summed E-state index contributed by atoms with van der Waals surface area (Å²) in [7, 11) is 0. The molecule has 1 spiro atoms.